The van der Waals surface area contributed by atoms with Crippen LogP contribution in [0.4, 0.5) is 0 Å². The molecule has 0 aliphatic heterocycles. The molecule has 1 fully saturated rings. The van der Waals surface area contributed by atoms with Crippen LogP contribution in [0.25, 0.3) is 0 Å². The molecule has 0 amide bonds. The van der Waals surface area contributed by atoms with Crippen molar-refractivity contribution >= 4 is 5.78 Å². The van der Waals surface area contributed by atoms with Crippen LogP contribution in [0, 0.1) is 5.92 Å². The molecule has 1 aliphatic rings. The molecule has 1 rings (SSSR count). The van der Waals surface area contributed by atoms with Crippen molar-refractivity contribution in [3.05, 3.63) is 0 Å². The maximum atomic E-state index is 10.9. The minimum atomic E-state index is -0.976. The van der Waals surface area contributed by atoms with E-state index in [0.29, 0.717) is 19.3 Å². The summed E-state index contributed by atoms with van der Waals surface area (Å²) in [4.78, 5) is 10.9. The zero-order valence-corrected chi connectivity index (χ0v) is 6.71. The summed E-state index contributed by atoms with van der Waals surface area (Å²) in [5.41, 5.74) is -0.976. The van der Waals surface area contributed by atoms with E-state index in [1.165, 1.54) is 6.92 Å². The van der Waals surface area contributed by atoms with Crippen LogP contribution >= 0.6 is 0 Å². The minimum Gasteiger partial charge on any atom is -0.393 e. The van der Waals surface area contributed by atoms with Crippen LogP contribution in [-0.2, 0) is 4.79 Å². The highest BCUT2D eigenvalue weighted by Gasteiger charge is 2.38. The summed E-state index contributed by atoms with van der Waals surface area (Å²) >= 11 is 0. The third kappa shape index (κ3) is 1.79. The van der Waals surface area contributed by atoms with Gasteiger partial charge < -0.3 is 10.2 Å². The van der Waals surface area contributed by atoms with Gasteiger partial charge in [0.15, 0.2) is 0 Å². The molecule has 1 saturated carbocycles. The highest BCUT2D eigenvalue weighted by Crippen LogP contribution is 2.34. The molecular weight excluding hydrogens is 144 g/mol. The van der Waals surface area contributed by atoms with Crippen LogP contribution in [0.3, 0.4) is 0 Å². The van der Waals surface area contributed by atoms with Gasteiger partial charge >= 0.3 is 0 Å². The molecule has 0 spiro atoms. The molecule has 0 aromatic heterocycles. The highest BCUT2D eigenvalue weighted by atomic mass is 16.3. The Bertz CT molecular complexity index is 167. The Balaban J connectivity index is 2.53. The second kappa shape index (κ2) is 2.91. The number of carbonyl (C=O) groups excluding carboxylic acids is 1. The Kier molecular flexibility index (Phi) is 2.30. The number of carbonyl (C=O) groups is 1. The van der Waals surface area contributed by atoms with Crippen LogP contribution < -0.4 is 0 Å². The van der Waals surface area contributed by atoms with E-state index in [1.54, 1.807) is 0 Å². The van der Waals surface area contributed by atoms with E-state index >= 15 is 0 Å². The van der Waals surface area contributed by atoms with Crippen molar-refractivity contribution in [1.82, 2.24) is 0 Å². The van der Waals surface area contributed by atoms with Crippen molar-refractivity contribution in [3.63, 3.8) is 0 Å². The molecule has 0 unspecified atom stereocenters. The lowest BCUT2D eigenvalue weighted by Gasteiger charge is -2.18. The third-order valence-electron chi connectivity index (χ3n) is 2.45. The summed E-state index contributed by atoms with van der Waals surface area (Å²) < 4.78 is 0. The van der Waals surface area contributed by atoms with Crippen LogP contribution in [0.5, 0.6) is 0 Å². The summed E-state index contributed by atoms with van der Waals surface area (Å²) in [6, 6.07) is 0. The number of hydrogen-bond donors (Lipinski definition) is 2. The number of Topliss-reactive ketones (excluding diaryl/α,β-unsaturated/α-hetero) is 1. The molecule has 0 bridgehead atoms. The van der Waals surface area contributed by atoms with Crippen molar-refractivity contribution in [2.24, 2.45) is 5.92 Å². The highest BCUT2D eigenvalue weighted by molar-refractivity contribution is 5.78. The van der Waals surface area contributed by atoms with Crippen LogP contribution in [0.2, 0.25) is 0 Å². The zero-order valence-electron chi connectivity index (χ0n) is 6.71. The topological polar surface area (TPSA) is 57.5 Å². The molecule has 0 aromatic rings. The molecule has 0 heterocycles. The van der Waals surface area contributed by atoms with Gasteiger partial charge in [-0.25, -0.2) is 0 Å². The second-order valence-electron chi connectivity index (χ2n) is 3.43. The molecule has 0 saturated heterocycles. The summed E-state index contributed by atoms with van der Waals surface area (Å²) in [6.07, 6.45) is 1.69. The standard InChI is InChI=1S/C8H14O3/c1-6(10)7-2-3-8(11,4-7)5-9/h7,9,11H,2-5H2,1H3/t7-,8-/m0/s1. The Morgan fingerprint density at radius 3 is 2.64 bits per heavy atom. The van der Waals surface area contributed by atoms with Gasteiger partial charge in [0.1, 0.15) is 5.78 Å². The fourth-order valence-corrected chi connectivity index (χ4v) is 1.60. The van der Waals surface area contributed by atoms with Gasteiger partial charge in [-0.3, -0.25) is 4.79 Å². The SMILES string of the molecule is CC(=O)[C@H]1CC[C@@](O)(CO)C1. The molecule has 2 N–H and O–H groups in total. The summed E-state index contributed by atoms with van der Waals surface area (Å²) in [7, 11) is 0. The average molecular weight is 158 g/mol. The number of ketones is 1. The maximum absolute atomic E-state index is 10.9. The fraction of sp³-hybridized carbons (Fsp3) is 0.875. The monoisotopic (exact) mass is 158 g/mol. The number of aliphatic hydroxyl groups excluding tert-OH is 1. The Labute approximate surface area is 66.0 Å². The zero-order chi connectivity index (χ0) is 8.48. The molecule has 11 heavy (non-hydrogen) atoms. The van der Waals surface area contributed by atoms with E-state index in [0.717, 1.165) is 0 Å². The predicted octanol–water partition coefficient (Wildman–Crippen LogP) is 0.0989. The summed E-state index contributed by atoms with van der Waals surface area (Å²) in [6.45, 7) is 1.31. The summed E-state index contributed by atoms with van der Waals surface area (Å²) in [5, 5.41) is 18.3. The van der Waals surface area contributed by atoms with E-state index in [9.17, 15) is 9.90 Å². The van der Waals surface area contributed by atoms with E-state index in [2.05, 4.69) is 0 Å². The van der Waals surface area contributed by atoms with E-state index in [-0.39, 0.29) is 18.3 Å². The molecule has 64 valence electrons. The minimum absolute atomic E-state index is 0.0350. The molecule has 3 nitrogen and oxygen atoms in total. The second-order valence-corrected chi connectivity index (χ2v) is 3.43. The lowest BCUT2D eigenvalue weighted by atomic mass is 9.99. The van der Waals surface area contributed by atoms with Crippen molar-refractivity contribution < 1.29 is 15.0 Å². The maximum Gasteiger partial charge on any atom is 0.133 e. The van der Waals surface area contributed by atoms with Crippen molar-refractivity contribution in [3.8, 4) is 0 Å². The van der Waals surface area contributed by atoms with E-state index in [4.69, 9.17) is 5.11 Å². The normalized spacial score (nSPS) is 37.5. The lowest BCUT2D eigenvalue weighted by Crippen LogP contribution is -2.30. The largest absolute Gasteiger partial charge is 0.393 e. The molecule has 2 atom stereocenters. The smallest absolute Gasteiger partial charge is 0.133 e. The fourth-order valence-electron chi connectivity index (χ4n) is 1.60. The van der Waals surface area contributed by atoms with Gasteiger partial charge in [-0.05, 0) is 26.2 Å². The number of rotatable bonds is 2. The molecule has 1 aliphatic carbocycles. The first-order valence-electron chi connectivity index (χ1n) is 3.91. The van der Waals surface area contributed by atoms with Gasteiger partial charge in [0.25, 0.3) is 0 Å². The van der Waals surface area contributed by atoms with Crippen molar-refractivity contribution in [1.29, 1.82) is 0 Å². The summed E-state index contributed by atoms with van der Waals surface area (Å²) in [5.74, 6) is 0.0847. The molecule has 0 radical (unpaired) electrons. The first-order valence-corrected chi connectivity index (χ1v) is 3.91. The quantitative estimate of drug-likeness (QED) is 0.599. The van der Waals surface area contributed by atoms with Crippen molar-refractivity contribution in [2.75, 3.05) is 6.61 Å². The van der Waals surface area contributed by atoms with Crippen LogP contribution in [0.15, 0.2) is 0 Å². The van der Waals surface area contributed by atoms with Crippen molar-refractivity contribution in [2.45, 2.75) is 31.8 Å². The van der Waals surface area contributed by atoms with E-state index < -0.39 is 5.60 Å². The first-order chi connectivity index (χ1) is 5.07. The van der Waals surface area contributed by atoms with Gasteiger partial charge in [0.05, 0.1) is 12.2 Å². The Morgan fingerprint density at radius 2 is 2.36 bits per heavy atom. The third-order valence-corrected chi connectivity index (χ3v) is 2.45. The molecule has 0 aromatic carbocycles. The average Bonchev–Trinajstić information content (AvgIpc) is 2.33. The van der Waals surface area contributed by atoms with Gasteiger partial charge in [0.2, 0.25) is 0 Å². The molecular formula is C8H14O3. The van der Waals surface area contributed by atoms with Crippen LogP contribution in [-0.4, -0.2) is 28.2 Å². The predicted molar refractivity (Wildman–Crippen MR) is 40.1 cm³/mol. The van der Waals surface area contributed by atoms with Gasteiger partial charge in [-0.1, -0.05) is 0 Å². The number of aliphatic hydroxyl groups is 2. The first kappa shape index (κ1) is 8.68. The van der Waals surface area contributed by atoms with Gasteiger partial charge in [0, 0.05) is 5.92 Å². The van der Waals surface area contributed by atoms with Gasteiger partial charge in [-0.15, -0.1) is 0 Å². The molecule has 3 heteroatoms. The van der Waals surface area contributed by atoms with Gasteiger partial charge in [-0.2, -0.15) is 0 Å². The Morgan fingerprint density at radius 1 is 1.73 bits per heavy atom. The van der Waals surface area contributed by atoms with Crippen LogP contribution in [0.1, 0.15) is 26.2 Å². The lowest BCUT2D eigenvalue weighted by molar-refractivity contribution is -0.121. The van der Waals surface area contributed by atoms with E-state index in [1.807, 2.05) is 0 Å². The Hall–Kier alpha value is -0.410. The number of hydrogen-bond acceptors (Lipinski definition) is 3.